The van der Waals surface area contributed by atoms with Crippen LogP contribution in [0.4, 0.5) is 0 Å². The van der Waals surface area contributed by atoms with Crippen molar-refractivity contribution in [1.82, 2.24) is 0 Å². The monoisotopic (exact) mass is 332 g/mol. The molecule has 0 saturated heterocycles. The first-order chi connectivity index (χ1) is 11.4. The van der Waals surface area contributed by atoms with Gasteiger partial charge in [0.1, 0.15) is 19.2 Å². The second kappa shape index (κ2) is 7.55. The molecule has 0 aromatic heterocycles. The zero-order valence-electron chi connectivity index (χ0n) is 15.6. The maximum atomic E-state index is 10.4. The quantitative estimate of drug-likeness (QED) is 0.867. The largest absolute Gasteiger partial charge is 0.385 e. The van der Waals surface area contributed by atoms with Crippen LogP contribution in [0.1, 0.15) is 51.2 Å². The summed E-state index contributed by atoms with van der Waals surface area (Å²) < 4.78 is 6.10. The molecular weight excluding hydrogens is 298 g/mol. The SMILES string of the molecule is C[C@H]1C[C@@H](OC[C@@H](O)C[NH+]2CCc3ccccc3C2)CC(C)(C)C1. The van der Waals surface area contributed by atoms with Gasteiger partial charge in [-0.05, 0) is 36.2 Å². The standard InChI is InChI=1S/C21H33NO2/c1-16-10-20(12-21(2,3)11-16)24-15-19(23)14-22-9-8-17-6-4-5-7-18(17)13-22/h4-7,16,19-20,23H,8-15H2,1-3H3/p+1/t16-,19-,20+/m0/s1. The Morgan fingerprint density at radius 1 is 1.25 bits per heavy atom. The van der Waals surface area contributed by atoms with E-state index in [0.29, 0.717) is 18.1 Å². The summed E-state index contributed by atoms with van der Waals surface area (Å²) in [6.07, 6.45) is 4.62. The summed E-state index contributed by atoms with van der Waals surface area (Å²) in [7, 11) is 0. The van der Waals surface area contributed by atoms with Crippen molar-refractivity contribution in [2.75, 3.05) is 19.7 Å². The third kappa shape index (κ3) is 4.81. The minimum atomic E-state index is -0.356. The second-order valence-corrected chi connectivity index (χ2v) is 8.92. The number of aliphatic hydroxyl groups is 1. The lowest BCUT2D eigenvalue weighted by Crippen LogP contribution is -3.13. The first kappa shape index (κ1) is 17.9. The van der Waals surface area contributed by atoms with E-state index < -0.39 is 0 Å². The van der Waals surface area contributed by atoms with E-state index in [0.717, 1.165) is 44.8 Å². The van der Waals surface area contributed by atoms with E-state index in [4.69, 9.17) is 4.74 Å². The molecule has 1 aliphatic heterocycles. The van der Waals surface area contributed by atoms with Crippen molar-refractivity contribution in [1.29, 1.82) is 0 Å². The van der Waals surface area contributed by atoms with Crippen molar-refractivity contribution in [3.8, 4) is 0 Å². The molecule has 3 nitrogen and oxygen atoms in total. The third-order valence-corrected chi connectivity index (χ3v) is 5.70. The van der Waals surface area contributed by atoms with Gasteiger partial charge in [0.15, 0.2) is 0 Å². The van der Waals surface area contributed by atoms with Crippen molar-refractivity contribution in [3.05, 3.63) is 35.4 Å². The van der Waals surface area contributed by atoms with Crippen LogP contribution < -0.4 is 4.90 Å². The Morgan fingerprint density at radius 2 is 2.00 bits per heavy atom. The van der Waals surface area contributed by atoms with Crippen molar-refractivity contribution in [2.45, 2.75) is 65.2 Å². The highest BCUT2D eigenvalue weighted by molar-refractivity contribution is 5.27. The van der Waals surface area contributed by atoms with Gasteiger partial charge >= 0.3 is 0 Å². The number of ether oxygens (including phenoxy) is 1. The van der Waals surface area contributed by atoms with E-state index in [9.17, 15) is 5.11 Å². The van der Waals surface area contributed by atoms with Crippen LogP contribution in [0.25, 0.3) is 0 Å². The Kier molecular flexibility index (Phi) is 5.63. The molecule has 3 heteroatoms. The number of hydrogen-bond donors (Lipinski definition) is 2. The van der Waals surface area contributed by atoms with Gasteiger partial charge in [0.05, 0.1) is 19.3 Å². The van der Waals surface area contributed by atoms with Crippen LogP contribution in [-0.2, 0) is 17.7 Å². The predicted molar refractivity (Wildman–Crippen MR) is 97.1 cm³/mol. The molecule has 1 fully saturated rings. The van der Waals surface area contributed by atoms with Crippen molar-refractivity contribution < 1.29 is 14.7 Å². The first-order valence-electron chi connectivity index (χ1n) is 9.61. The molecule has 1 saturated carbocycles. The molecule has 4 atom stereocenters. The molecule has 1 unspecified atom stereocenters. The van der Waals surface area contributed by atoms with Crippen LogP contribution in [0.2, 0.25) is 0 Å². The van der Waals surface area contributed by atoms with Crippen LogP contribution in [0, 0.1) is 11.3 Å². The molecule has 1 heterocycles. The highest BCUT2D eigenvalue weighted by Crippen LogP contribution is 2.39. The van der Waals surface area contributed by atoms with Crippen LogP contribution in [-0.4, -0.2) is 37.0 Å². The van der Waals surface area contributed by atoms with E-state index in [1.807, 2.05) is 0 Å². The van der Waals surface area contributed by atoms with Gasteiger partial charge in [-0.15, -0.1) is 0 Å². The molecule has 2 N–H and O–H groups in total. The summed E-state index contributed by atoms with van der Waals surface area (Å²) in [4.78, 5) is 1.47. The molecule has 134 valence electrons. The van der Waals surface area contributed by atoms with Crippen LogP contribution in [0.3, 0.4) is 0 Å². The third-order valence-electron chi connectivity index (χ3n) is 5.70. The number of aliphatic hydroxyl groups excluding tert-OH is 1. The average molecular weight is 333 g/mol. The molecule has 1 aromatic carbocycles. The number of benzene rings is 1. The van der Waals surface area contributed by atoms with E-state index in [2.05, 4.69) is 45.0 Å². The minimum Gasteiger partial charge on any atom is -0.385 e. The highest BCUT2D eigenvalue weighted by Gasteiger charge is 2.33. The number of hydrogen-bond acceptors (Lipinski definition) is 2. The number of quaternary nitrogens is 1. The maximum absolute atomic E-state index is 10.4. The molecule has 1 aliphatic carbocycles. The van der Waals surface area contributed by atoms with Gasteiger partial charge in [0, 0.05) is 12.0 Å². The second-order valence-electron chi connectivity index (χ2n) is 8.92. The van der Waals surface area contributed by atoms with Gasteiger partial charge in [0.25, 0.3) is 0 Å². The highest BCUT2D eigenvalue weighted by atomic mass is 16.5. The van der Waals surface area contributed by atoms with E-state index in [-0.39, 0.29) is 6.10 Å². The molecule has 0 amide bonds. The Bertz CT molecular complexity index is 542. The van der Waals surface area contributed by atoms with Crippen molar-refractivity contribution >= 4 is 0 Å². The Morgan fingerprint density at radius 3 is 2.75 bits per heavy atom. The van der Waals surface area contributed by atoms with E-state index >= 15 is 0 Å². The molecule has 0 radical (unpaired) electrons. The maximum Gasteiger partial charge on any atom is 0.126 e. The lowest BCUT2D eigenvalue weighted by atomic mass is 9.71. The van der Waals surface area contributed by atoms with Gasteiger partial charge in [-0.2, -0.15) is 0 Å². The van der Waals surface area contributed by atoms with Crippen LogP contribution in [0.5, 0.6) is 0 Å². The average Bonchev–Trinajstić information content (AvgIpc) is 2.51. The van der Waals surface area contributed by atoms with Crippen molar-refractivity contribution in [3.63, 3.8) is 0 Å². The predicted octanol–water partition coefficient (Wildman–Crippen LogP) is 2.22. The molecule has 2 aliphatic rings. The fourth-order valence-electron chi connectivity index (χ4n) is 4.84. The lowest BCUT2D eigenvalue weighted by molar-refractivity contribution is -0.919. The van der Waals surface area contributed by atoms with Crippen molar-refractivity contribution in [2.24, 2.45) is 11.3 Å². The molecule has 24 heavy (non-hydrogen) atoms. The lowest BCUT2D eigenvalue weighted by Gasteiger charge is -2.39. The Balaban J connectivity index is 1.44. The Labute approximate surface area is 147 Å². The minimum absolute atomic E-state index is 0.315. The van der Waals surface area contributed by atoms with E-state index in [1.54, 1.807) is 0 Å². The van der Waals surface area contributed by atoms with Gasteiger partial charge in [-0.1, -0.05) is 45.0 Å². The van der Waals surface area contributed by atoms with E-state index in [1.165, 1.54) is 22.4 Å². The number of nitrogens with one attached hydrogen (secondary N) is 1. The summed E-state index contributed by atoms with van der Waals surface area (Å²) in [5.41, 5.74) is 3.29. The summed E-state index contributed by atoms with van der Waals surface area (Å²) >= 11 is 0. The Hall–Kier alpha value is -0.900. The zero-order valence-corrected chi connectivity index (χ0v) is 15.6. The van der Waals surface area contributed by atoms with Crippen LogP contribution >= 0.6 is 0 Å². The smallest absolute Gasteiger partial charge is 0.126 e. The zero-order chi connectivity index (χ0) is 17.2. The summed E-state index contributed by atoms with van der Waals surface area (Å²) in [6.45, 7) is 10.4. The fourth-order valence-corrected chi connectivity index (χ4v) is 4.84. The molecule has 0 spiro atoms. The molecule has 0 bridgehead atoms. The summed E-state index contributed by atoms with van der Waals surface area (Å²) in [6, 6.07) is 8.70. The molecular formula is C21H34NO2+. The first-order valence-corrected chi connectivity index (χ1v) is 9.61. The summed E-state index contributed by atoms with van der Waals surface area (Å²) in [5.74, 6) is 0.722. The number of fused-ring (bicyclic) bond motifs is 1. The normalized spacial score (nSPS) is 30.6. The van der Waals surface area contributed by atoms with Crippen LogP contribution in [0.15, 0.2) is 24.3 Å². The topological polar surface area (TPSA) is 33.9 Å². The molecule has 3 rings (SSSR count). The summed E-state index contributed by atoms with van der Waals surface area (Å²) in [5, 5.41) is 10.4. The van der Waals surface area contributed by atoms with Gasteiger partial charge < -0.3 is 14.7 Å². The van der Waals surface area contributed by atoms with Gasteiger partial charge in [0.2, 0.25) is 0 Å². The van der Waals surface area contributed by atoms with Gasteiger partial charge in [-0.3, -0.25) is 0 Å². The number of rotatable bonds is 5. The van der Waals surface area contributed by atoms with Gasteiger partial charge in [-0.25, -0.2) is 0 Å². The molecule has 1 aromatic rings. The fraction of sp³-hybridized carbons (Fsp3) is 0.714.